The van der Waals surface area contributed by atoms with Gasteiger partial charge in [-0.05, 0) is 37.8 Å². The van der Waals surface area contributed by atoms with Crippen molar-refractivity contribution < 1.29 is 0 Å². The minimum atomic E-state index is 0.860. The van der Waals surface area contributed by atoms with Crippen LogP contribution in [0.15, 0.2) is 30.7 Å². The molecule has 3 rings (SSSR count). The van der Waals surface area contributed by atoms with Crippen LogP contribution in [0.25, 0.3) is 11.3 Å². The number of hydrogen-bond donors (Lipinski definition) is 1. The highest BCUT2D eigenvalue weighted by molar-refractivity contribution is 5.57. The van der Waals surface area contributed by atoms with Gasteiger partial charge in [0.05, 0.1) is 11.9 Å². The summed E-state index contributed by atoms with van der Waals surface area (Å²) in [4.78, 5) is 8.65. The first-order chi connectivity index (χ1) is 8.33. The van der Waals surface area contributed by atoms with Crippen LogP contribution in [0.3, 0.4) is 0 Å². The topological polar surface area (TPSA) is 42.7 Å². The third-order valence-corrected chi connectivity index (χ3v) is 3.09. The molecule has 0 unspecified atom stereocenters. The largest absolute Gasteiger partial charge is 0.324 e. The normalized spacial score (nSPS) is 14.9. The number of pyridine rings is 1. The first-order valence-electron chi connectivity index (χ1n) is 6.03. The van der Waals surface area contributed by atoms with Crippen molar-refractivity contribution in [1.29, 1.82) is 0 Å². The van der Waals surface area contributed by atoms with Crippen molar-refractivity contribution >= 4 is 0 Å². The highest BCUT2D eigenvalue weighted by Crippen LogP contribution is 2.28. The van der Waals surface area contributed by atoms with Gasteiger partial charge in [0.2, 0.25) is 0 Å². The van der Waals surface area contributed by atoms with E-state index >= 15 is 0 Å². The zero-order valence-corrected chi connectivity index (χ0v) is 9.93. The molecule has 4 heteroatoms. The zero-order chi connectivity index (χ0) is 11.7. The molecule has 4 nitrogen and oxygen atoms in total. The van der Waals surface area contributed by atoms with Crippen LogP contribution < -0.4 is 5.43 Å². The Labute approximate surface area is 101 Å². The number of imidazole rings is 1. The fourth-order valence-electron chi connectivity index (χ4n) is 1.84. The van der Waals surface area contributed by atoms with E-state index in [9.17, 15) is 0 Å². The van der Waals surface area contributed by atoms with Crippen LogP contribution in [0.2, 0.25) is 0 Å². The first-order valence-corrected chi connectivity index (χ1v) is 6.03. The maximum Gasteiger partial charge on any atom is 0.124 e. The molecule has 0 atom stereocenters. The first kappa shape index (κ1) is 10.3. The van der Waals surface area contributed by atoms with E-state index in [0.717, 1.165) is 29.5 Å². The summed E-state index contributed by atoms with van der Waals surface area (Å²) >= 11 is 0. The van der Waals surface area contributed by atoms with E-state index in [-0.39, 0.29) is 0 Å². The molecule has 0 saturated heterocycles. The second-order valence-corrected chi connectivity index (χ2v) is 4.59. The summed E-state index contributed by atoms with van der Waals surface area (Å²) in [5, 5.41) is 0. The predicted octanol–water partition coefficient (Wildman–Crippen LogP) is 2.21. The number of aromatic nitrogens is 3. The molecule has 88 valence electrons. The molecule has 2 aromatic rings. The average molecular weight is 228 g/mol. The van der Waals surface area contributed by atoms with Gasteiger partial charge in [-0.2, -0.15) is 0 Å². The summed E-state index contributed by atoms with van der Waals surface area (Å²) in [5.74, 6) is 1.85. The fraction of sp³-hybridized carbons (Fsp3) is 0.385. The minimum Gasteiger partial charge on any atom is -0.324 e. The lowest BCUT2D eigenvalue weighted by atomic mass is 10.2. The fourth-order valence-corrected chi connectivity index (χ4v) is 1.84. The molecule has 0 radical (unpaired) electrons. The van der Waals surface area contributed by atoms with Gasteiger partial charge in [0, 0.05) is 24.5 Å². The number of aryl methyl sites for hydroxylation is 1. The van der Waals surface area contributed by atoms with Crippen molar-refractivity contribution in [1.82, 2.24) is 14.6 Å². The highest BCUT2D eigenvalue weighted by atomic mass is 15.4. The molecule has 0 aliphatic heterocycles. The van der Waals surface area contributed by atoms with Gasteiger partial charge in [-0.25, -0.2) is 4.98 Å². The monoisotopic (exact) mass is 228 g/mol. The summed E-state index contributed by atoms with van der Waals surface area (Å²) in [5.41, 5.74) is 5.43. The van der Waals surface area contributed by atoms with Crippen LogP contribution >= 0.6 is 0 Å². The quantitative estimate of drug-likeness (QED) is 0.872. The van der Waals surface area contributed by atoms with Gasteiger partial charge >= 0.3 is 0 Å². The summed E-state index contributed by atoms with van der Waals surface area (Å²) in [7, 11) is 0. The van der Waals surface area contributed by atoms with Crippen molar-refractivity contribution in [3.05, 3.63) is 36.5 Å². The van der Waals surface area contributed by atoms with E-state index in [2.05, 4.69) is 15.4 Å². The lowest BCUT2D eigenvalue weighted by Crippen LogP contribution is -2.17. The second-order valence-electron chi connectivity index (χ2n) is 4.59. The molecule has 0 amide bonds. The third-order valence-electron chi connectivity index (χ3n) is 3.09. The number of rotatable bonds is 4. The summed E-state index contributed by atoms with van der Waals surface area (Å²) in [6.45, 7) is 3.06. The lowest BCUT2D eigenvalue weighted by molar-refractivity contribution is 0.745. The molecule has 0 aromatic carbocycles. The summed E-state index contributed by atoms with van der Waals surface area (Å²) in [6.07, 6.45) is 8.37. The van der Waals surface area contributed by atoms with E-state index in [0.29, 0.717) is 0 Å². The van der Waals surface area contributed by atoms with Crippen molar-refractivity contribution in [2.45, 2.75) is 19.8 Å². The second kappa shape index (κ2) is 4.20. The van der Waals surface area contributed by atoms with Crippen molar-refractivity contribution in [3.8, 4) is 11.3 Å². The maximum absolute atomic E-state index is 4.54. The zero-order valence-electron chi connectivity index (χ0n) is 9.93. The molecule has 0 spiro atoms. The number of nitrogens with one attached hydrogen (secondary N) is 1. The van der Waals surface area contributed by atoms with Gasteiger partial charge in [0.25, 0.3) is 0 Å². The van der Waals surface area contributed by atoms with Crippen LogP contribution in [0.4, 0.5) is 0 Å². The Bertz CT molecular complexity index is 499. The molecular weight excluding hydrogens is 212 g/mol. The van der Waals surface area contributed by atoms with E-state index in [1.807, 2.05) is 36.1 Å². The molecule has 1 saturated carbocycles. The average Bonchev–Trinajstić information content (AvgIpc) is 3.12. The van der Waals surface area contributed by atoms with Crippen molar-refractivity contribution in [2.24, 2.45) is 5.92 Å². The molecule has 0 bridgehead atoms. The lowest BCUT2D eigenvalue weighted by Gasteiger charge is -2.06. The Kier molecular flexibility index (Phi) is 2.55. The van der Waals surface area contributed by atoms with E-state index in [4.69, 9.17) is 0 Å². The third kappa shape index (κ3) is 2.30. The van der Waals surface area contributed by atoms with Crippen LogP contribution in [0.1, 0.15) is 18.7 Å². The predicted molar refractivity (Wildman–Crippen MR) is 67.1 cm³/mol. The summed E-state index contributed by atoms with van der Waals surface area (Å²) in [6, 6.07) is 3.96. The van der Waals surface area contributed by atoms with E-state index < -0.39 is 0 Å². The van der Waals surface area contributed by atoms with Gasteiger partial charge < -0.3 is 5.43 Å². The Morgan fingerprint density at radius 2 is 2.35 bits per heavy atom. The van der Waals surface area contributed by atoms with Gasteiger partial charge in [0.1, 0.15) is 5.82 Å². The van der Waals surface area contributed by atoms with Crippen LogP contribution in [-0.2, 0) is 0 Å². The van der Waals surface area contributed by atoms with E-state index in [1.165, 1.54) is 12.8 Å². The van der Waals surface area contributed by atoms with Crippen LogP contribution in [0.5, 0.6) is 0 Å². The summed E-state index contributed by atoms with van der Waals surface area (Å²) < 4.78 is 2.01. The van der Waals surface area contributed by atoms with Gasteiger partial charge in [-0.15, -0.1) is 0 Å². The maximum atomic E-state index is 4.54. The minimum absolute atomic E-state index is 0.860. The smallest absolute Gasteiger partial charge is 0.124 e. The van der Waals surface area contributed by atoms with Gasteiger partial charge in [-0.1, -0.05) is 0 Å². The van der Waals surface area contributed by atoms with Gasteiger partial charge in [0.15, 0.2) is 0 Å². The van der Waals surface area contributed by atoms with Crippen molar-refractivity contribution in [3.63, 3.8) is 0 Å². The standard InChI is InChI=1S/C13H16N4/c1-10-16-13(12-3-2-6-14-8-12)9-17(10)15-7-11-4-5-11/h2-3,6,8-9,11,15H,4-5,7H2,1H3. The molecule has 1 fully saturated rings. The Balaban J connectivity index is 1.79. The van der Waals surface area contributed by atoms with Crippen LogP contribution in [0, 0.1) is 12.8 Å². The van der Waals surface area contributed by atoms with E-state index in [1.54, 1.807) is 6.20 Å². The Hall–Kier alpha value is -1.84. The SMILES string of the molecule is Cc1nc(-c2cccnc2)cn1NCC1CC1. The Morgan fingerprint density at radius 1 is 1.47 bits per heavy atom. The highest BCUT2D eigenvalue weighted by Gasteiger charge is 2.21. The molecule has 17 heavy (non-hydrogen) atoms. The Morgan fingerprint density at radius 3 is 3.06 bits per heavy atom. The molecule has 1 aliphatic carbocycles. The molecule has 1 aliphatic rings. The number of hydrogen-bond acceptors (Lipinski definition) is 3. The van der Waals surface area contributed by atoms with Crippen LogP contribution in [-0.4, -0.2) is 21.2 Å². The van der Waals surface area contributed by atoms with Crippen molar-refractivity contribution in [2.75, 3.05) is 12.0 Å². The van der Waals surface area contributed by atoms with Gasteiger partial charge in [-0.3, -0.25) is 9.66 Å². The molecular formula is C13H16N4. The molecule has 1 N–H and O–H groups in total. The molecule has 2 heterocycles. The molecule has 2 aromatic heterocycles. The number of nitrogens with zero attached hydrogens (tertiary/aromatic N) is 3.